The number of hydrogen-bond acceptors (Lipinski definition) is 6. The highest BCUT2D eigenvalue weighted by Gasteiger charge is 2.17. The molecule has 0 radical (unpaired) electrons. The summed E-state index contributed by atoms with van der Waals surface area (Å²) in [5.41, 5.74) is 0.537. The van der Waals surface area contributed by atoms with Crippen molar-refractivity contribution in [2.45, 2.75) is 31.8 Å². The molecular weight excluding hydrogens is 352 g/mol. The Bertz CT molecular complexity index is 825. The highest BCUT2D eigenvalue weighted by molar-refractivity contribution is 5.85. The van der Waals surface area contributed by atoms with E-state index in [0.29, 0.717) is 24.9 Å². The number of amides is 1. The van der Waals surface area contributed by atoms with Crippen LogP contribution in [0.3, 0.4) is 0 Å². The highest BCUT2D eigenvalue weighted by atomic mass is 35.5. The number of carbonyl (C=O) groups excluding carboxylic acids is 1. The molecule has 1 saturated heterocycles. The van der Waals surface area contributed by atoms with Gasteiger partial charge in [-0.3, -0.25) is 19.5 Å². The molecule has 2 heterocycles. The minimum atomic E-state index is -0.578. The maximum absolute atomic E-state index is 11.9. The number of oxazole rings is 1. The van der Waals surface area contributed by atoms with Gasteiger partial charge in [-0.2, -0.15) is 0 Å². The van der Waals surface area contributed by atoms with Crippen molar-refractivity contribution in [2.24, 2.45) is 0 Å². The van der Waals surface area contributed by atoms with E-state index in [1.54, 1.807) is 0 Å². The van der Waals surface area contributed by atoms with Crippen molar-refractivity contribution < 1.29 is 14.1 Å². The van der Waals surface area contributed by atoms with Crippen LogP contribution < -0.4 is 16.4 Å². The van der Waals surface area contributed by atoms with E-state index >= 15 is 0 Å². The minimum Gasteiger partial charge on any atom is -0.407 e. The van der Waals surface area contributed by atoms with Crippen LogP contribution in [0, 0.1) is 10.1 Å². The number of benzene rings is 1. The number of nitro benzene ring substituents is 1. The molecule has 0 aliphatic carbocycles. The molecule has 2 N–H and O–H groups in total. The topological polar surface area (TPSA) is 119 Å². The number of fused-ring (bicyclic) bond motifs is 1. The molecular formula is C15H19ClN4O5. The quantitative estimate of drug-likeness (QED) is 0.582. The molecule has 1 unspecified atom stereocenters. The lowest BCUT2D eigenvalue weighted by atomic mass is 10.2. The van der Waals surface area contributed by atoms with Crippen molar-refractivity contribution in [1.29, 1.82) is 0 Å². The summed E-state index contributed by atoms with van der Waals surface area (Å²) in [6.45, 7) is 2.02. The average Bonchev–Trinajstić information content (AvgIpc) is 3.14. The van der Waals surface area contributed by atoms with Gasteiger partial charge in [-0.05, 0) is 25.5 Å². The van der Waals surface area contributed by atoms with E-state index in [9.17, 15) is 19.7 Å². The van der Waals surface area contributed by atoms with Crippen LogP contribution in [0.5, 0.6) is 0 Å². The third-order valence-corrected chi connectivity index (χ3v) is 4.07. The fourth-order valence-electron chi connectivity index (χ4n) is 2.86. The number of nitrogens with one attached hydrogen (secondary N) is 2. The van der Waals surface area contributed by atoms with E-state index in [2.05, 4.69) is 10.6 Å². The Labute approximate surface area is 148 Å². The van der Waals surface area contributed by atoms with Gasteiger partial charge in [0.2, 0.25) is 5.91 Å². The molecule has 1 aromatic carbocycles. The van der Waals surface area contributed by atoms with Gasteiger partial charge < -0.3 is 15.1 Å². The van der Waals surface area contributed by atoms with E-state index in [-0.39, 0.29) is 35.6 Å². The first-order chi connectivity index (χ1) is 11.5. The number of rotatable bonds is 6. The lowest BCUT2D eigenvalue weighted by Crippen LogP contribution is -2.36. The van der Waals surface area contributed by atoms with Crippen LogP contribution in [0.1, 0.15) is 19.3 Å². The zero-order chi connectivity index (χ0) is 17.1. The summed E-state index contributed by atoms with van der Waals surface area (Å²) < 4.78 is 6.44. The standard InChI is InChI=1S/C15H18N4O5.ClH/c20-14(17-10-5-6-16-9-10)2-1-7-18-12-4-3-11(19(22)23)8-13(12)24-15(18)21;/h3-4,8,10,16H,1-2,5-7,9H2,(H,17,20);1H. The molecule has 1 fully saturated rings. The molecule has 25 heavy (non-hydrogen) atoms. The van der Waals surface area contributed by atoms with Gasteiger partial charge in [-0.15, -0.1) is 12.4 Å². The molecule has 1 amide bonds. The number of carbonyl (C=O) groups is 1. The van der Waals surface area contributed by atoms with E-state index in [1.807, 2.05) is 0 Å². The van der Waals surface area contributed by atoms with Crippen molar-refractivity contribution in [2.75, 3.05) is 13.1 Å². The summed E-state index contributed by atoms with van der Waals surface area (Å²) in [6.07, 6.45) is 1.72. The zero-order valence-corrected chi connectivity index (χ0v) is 14.2. The number of aromatic nitrogens is 1. The molecule has 10 heteroatoms. The second-order valence-corrected chi connectivity index (χ2v) is 5.79. The number of non-ortho nitro benzene ring substituents is 1. The molecule has 3 rings (SSSR count). The van der Waals surface area contributed by atoms with Crippen molar-refractivity contribution in [3.05, 3.63) is 38.9 Å². The molecule has 9 nitrogen and oxygen atoms in total. The maximum Gasteiger partial charge on any atom is 0.419 e. The van der Waals surface area contributed by atoms with E-state index in [0.717, 1.165) is 19.5 Å². The Hall–Kier alpha value is -2.39. The Balaban J connectivity index is 0.00000225. The third kappa shape index (κ3) is 4.37. The van der Waals surface area contributed by atoms with Gasteiger partial charge >= 0.3 is 5.76 Å². The molecule has 0 saturated carbocycles. The summed E-state index contributed by atoms with van der Waals surface area (Å²) in [5.74, 6) is -0.619. The molecule has 0 bridgehead atoms. The molecule has 1 aliphatic heterocycles. The lowest BCUT2D eigenvalue weighted by Gasteiger charge is -2.11. The first-order valence-electron chi connectivity index (χ1n) is 7.82. The minimum absolute atomic E-state index is 0. The van der Waals surface area contributed by atoms with Gasteiger partial charge in [-0.25, -0.2) is 4.79 Å². The van der Waals surface area contributed by atoms with Gasteiger partial charge in [0.05, 0.1) is 16.5 Å². The first-order valence-corrected chi connectivity index (χ1v) is 7.82. The first kappa shape index (κ1) is 18.9. The lowest BCUT2D eigenvalue weighted by molar-refractivity contribution is -0.384. The highest BCUT2D eigenvalue weighted by Crippen LogP contribution is 2.20. The van der Waals surface area contributed by atoms with Crippen LogP contribution in [0.25, 0.3) is 11.1 Å². The Kier molecular flexibility index (Phi) is 6.16. The Morgan fingerprint density at radius 1 is 1.48 bits per heavy atom. The maximum atomic E-state index is 11.9. The summed E-state index contributed by atoms with van der Waals surface area (Å²) in [5, 5.41) is 16.9. The Morgan fingerprint density at radius 2 is 2.28 bits per heavy atom. The van der Waals surface area contributed by atoms with Crippen LogP contribution in [-0.4, -0.2) is 34.5 Å². The number of nitrogens with zero attached hydrogens (tertiary/aromatic N) is 2. The van der Waals surface area contributed by atoms with Crippen LogP contribution in [0.4, 0.5) is 5.69 Å². The fraction of sp³-hybridized carbons (Fsp3) is 0.467. The molecule has 1 aliphatic rings. The predicted octanol–water partition coefficient (Wildman–Crippen LogP) is 1.18. The summed E-state index contributed by atoms with van der Waals surface area (Å²) in [6, 6.07) is 4.22. The summed E-state index contributed by atoms with van der Waals surface area (Å²) >= 11 is 0. The van der Waals surface area contributed by atoms with Crippen molar-refractivity contribution in [3.8, 4) is 0 Å². The van der Waals surface area contributed by atoms with E-state index in [1.165, 1.54) is 22.8 Å². The molecule has 2 aromatic rings. The number of hydrogen-bond donors (Lipinski definition) is 2. The average molecular weight is 371 g/mol. The van der Waals surface area contributed by atoms with Crippen molar-refractivity contribution >= 4 is 35.1 Å². The fourth-order valence-corrected chi connectivity index (χ4v) is 2.86. The van der Waals surface area contributed by atoms with Gasteiger partial charge in [0.15, 0.2) is 5.58 Å². The smallest absolute Gasteiger partial charge is 0.407 e. The molecule has 1 aromatic heterocycles. The largest absolute Gasteiger partial charge is 0.419 e. The second-order valence-electron chi connectivity index (χ2n) is 5.79. The summed E-state index contributed by atoms with van der Waals surface area (Å²) in [4.78, 5) is 34.0. The van der Waals surface area contributed by atoms with E-state index < -0.39 is 10.7 Å². The van der Waals surface area contributed by atoms with Crippen LogP contribution >= 0.6 is 12.4 Å². The third-order valence-electron chi connectivity index (χ3n) is 4.07. The monoisotopic (exact) mass is 370 g/mol. The normalized spacial score (nSPS) is 16.6. The number of aryl methyl sites for hydroxylation is 1. The summed E-state index contributed by atoms with van der Waals surface area (Å²) in [7, 11) is 0. The SMILES string of the molecule is Cl.O=C(CCCn1c(=O)oc2cc([N+](=O)[O-])ccc21)NC1CCNC1. The number of nitro groups is 1. The number of halogens is 1. The molecule has 136 valence electrons. The second kappa shape index (κ2) is 8.13. The molecule has 0 spiro atoms. The van der Waals surface area contributed by atoms with Gasteiger partial charge in [-0.1, -0.05) is 0 Å². The molecule has 1 atom stereocenters. The van der Waals surface area contributed by atoms with Crippen LogP contribution in [0.2, 0.25) is 0 Å². The van der Waals surface area contributed by atoms with Crippen LogP contribution in [0.15, 0.2) is 27.4 Å². The van der Waals surface area contributed by atoms with Gasteiger partial charge in [0.25, 0.3) is 5.69 Å². The van der Waals surface area contributed by atoms with Crippen LogP contribution in [-0.2, 0) is 11.3 Å². The van der Waals surface area contributed by atoms with E-state index in [4.69, 9.17) is 4.42 Å². The van der Waals surface area contributed by atoms with Crippen molar-refractivity contribution in [3.63, 3.8) is 0 Å². The predicted molar refractivity (Wildman–Crippen MR) is 93.0 cm³/mol. The van der Waals surface area contributed by atoms with Gasteiger partial charge in [0.1, 0.15) is 0 Å². The van der Waals surface area contributed by atoms with Gasteiger partial charge in [0, 0.05) is 31.6 Å². The van der Waals surface area contributed by atoms with Crippen molar-refractivity contribution in [1.82, 2.24) is 15.2 Å². The zero-order valence-electron chi connectivity index (χ0n) is 13.4. The Morgan fingerprint density at radius 3 is 2.96 bits per heavy atom.